The summed E-state index contributed by atoms with van der Waals surface area (Å²) in [5.41, 5.74) is 3.03. The maximum absolute atomic E-state index is 5.45. The first kappa shape index (κ1) is 7.98. The van der Waals surface area contributed by atoms with E-state index in [2.05, 4.69) is 10.3 Å². The van der Waals surface area contributed by atoms with Crippen molar-refractivity contribution in [2.45, 2.75) is 0 Å². The summed E-state index contributed by atoms with van der Waals surface area (Å²) in [7, 11) is 0. The van der Waals surface area contributed by atoms with Crippen molar-refractivity contribution in [3.63, 3.8) is 0 Å². The van der Waals surface area contributed by atoms with Crippen molar-refractivity contribution >= 4 is 22.7 Å². The van der Waals surface area contributed by atoms with E-state index in [-0.39, 0.29) is 6.79 Å². The zero-order valence-electron chi connectivity index (χ0n) is 8.36. The van der Waals surface area contributed by atoms with Gasteiger partial charge in [-0.25, -0.2) is 0 Å². The lowest BCUT2D eigenvalue weighted by Crippen LogP contribution is -1.97. The molecular weight excluding hydrogens is 204 g/mol. The summed E-state index contributed by atoms with van der Waals surface area (Å²) in [6.07, 6.45) is 5.70. The molecule has 0 atom stereocenters. The molecule has 16 heavy (non-hydrogen) atoms. The van der Waals surface area contributed by atoms with Crippen molar-refractivity contribution in [3.05, 3.63) is 30.1 Å². The fourth-order valence-corrected chi connectivity index (χ4v) is 2.19. The summed E-state index contributed by atoms with van der Waals surface area (Å²) in [6, 6.07) is 3.95. The van der Waals surface area contributed by atoms with Crippen LogP contribution in [0.2, 0.25) is 0 Å². The molecule has 2 aliphatic rings. The van der Waals surface area contributed by atoms with Crippen LogP contribution in [0.5, 0.6) is 11.5 Å². The van der Waals surface area contributed by atoms with E-state index in [9.17, 15) is 0 Å². The third-order valence-corrected chi connectivity index (χ3v) is 2.88. The van der Waals surface area contributed by atoms with Gasteiger partial charge in [0.15, 0.2) is 11.5 Å². The summed E-state index contributed by atoms with van der Waals surface area (Å²) in [4.78, 5) is 4.38. The SMILES string of the molecule is C1=Cc2cc3c(c4nccc(c24)N1)OCO3. The van der Waals surface area contributed by atoms with Crippen LogP contribution in [0.1, 0.15) is 5.56 Å². The molecular formula is C12H8N2O2. The van der Waals surface area contributed by atoms with Crippen LogP contribution in [-0.2, 0) is 0 Å². The summed E-state index contributed by atoms with van der Waals surface area (Å²) in [5.74, 6) is 1.52. The number of rotatable bonds is 0. The number of nitrogens with one attached hydrogen (secondary N) is 1. The van der Waals surface area contributed by atoms with Crippen LogP contribution in [0.3, 0.4) is 0 Å². The quantitative estimate of drug-likeness (QED) is 0.728. The van der Waals surface area contributed by atoms with E-state index in [0.29, 0.717) is 0 Å². The van der Waals surface area contributed by atoms with Crippen molar-refractivity contribution in [1.29, 1.82) is 0 Å². The van der Waals surface area contributed by atoms with Gasteiger partial charge in [-0.3, -0.25) is 4.98 Å². The highest BCUT2D eigenvalue weighted by Crippen LogP contribution is 2.43. The highest BCUT2D eigenvalue weighted by molar-refractivity contribution is 6.04. The van der Waals surface area contributed by atoms with E-state index in [1.54, 1.807) is 6.20 Å². The molecule has 0 fully saturated rings. The van der Waals surface area contributed by atoms with Crippen LogP contribution in [0, 0.1) is 0 Å². The smallest absolute Gasteiger partial charge is 0.231 e. The van der Waals surface area contributed by atoms with Crippen molar-refractivity contribution in [3.8, 4) is 11.5 Å². The van der Waals surface area contributed by atoms with E-state index in [0.717, 1.165) is 33.7 Å². The zero-order chi connectivity index (χ0) is 10.5. The van der Waals surface area contributed by atoms with Gasteiger partial charge in [0.25, 0.3) is 0 Å². The van der Waals surface area contributed by atoms with Gasteiger partial charge in [0.2, 0.25) is 6.79 Å². The molecule has 4 rings (SSSR count). The molecule has 0 amide bonds. The number of aromatic nitrogens is 1. The molecule has 2 aromatic rings. The van der Waals surface area contributed by atoms with Crippen molar-refractivity contribution in [2.75, 3.05) is 12.1 Å². The number of pyridine rings is 1. The second-order valence-electron chi connectivity index (χ2n) is 3.76. The van der Waals surface area contributed by atoms with Crippen LogP contribution in [-0.4, -0.2) is 11.8 Å². The molecule has 1 aromatic heterocycles. The van der Waals surface area contributed by atoms with Crippen LogP contribution in [0.4, 0.5) is 5.69 Å². The number of nitrogens with zero attached hydrogens (tertiary/aromatic N) is 1. The minimum atomic E-state index is 0.275. The van der Waals surface area contributed by atoms with Gasteiger partial charge in [0.1, 0.15) is 5.52 Å². The number of benzene rings is 1. The van der Waals surface area contributed by atoms with Gasteiger partial charge < -0.3 is 14.8 Å². The Hall–Kier alpha value is -2.23. The molecule has 1 aromatic carbocycles. The third-order valence-electron chi connectivity index (χ3n) is 2.88. The maximum Gasteiger partial charge on any atom is 0.231 e. The van der Waals surface area contributed by atoms with Crippen LogP contribution >= 0.6 is 0 Å². The molecule has 0 saturated carbocycles. The molecule has 0 saturated heterocycles. The fourth-order valence-electron chi connectivity index (χ4n) is 2.19. The Morgan fingerprint density at radius 1 is 1.31 bits per heavy atom. The summed E-state index contributed by atoms with van der Waals surface area (Å²) >= 11 is 0. The largest absolute Gasteiger partial charge is 0.453 e. The standard InChI is InChI=1S/C12H8N2O2/c1-3-13-8-2-4-14-11-10(8)7(1)5-9-12(11)16-6-15-9/h1-5,13H,6H2. The van der Waals surface area contributed by atoms with Gasteiger partial charge in [-0.2, -0.15) is 0 Å². The van der Waals surface area contributed by atoms with Crippen molar-refractivity contribution in [2.24, 2.45) is 0 Å². The lowest BCUT2D eigenvalue weighted by molar-refractivity contribution is 0.174. The first-order valence-electron chi connectivity index (χ1n) is 5.08. The third kappa shape index (κ3) is 0.863. The number of ether oxygens (including phenoxy) is 2. The lowest BCUT2D eigenvalue weighted by Gasteiger charge is -2.14. The predicted molar refractivity (Wildman–Crippen MR) is 60.5 cm³/mol. The van der Waals surface area contributed by atoms with Crippen molar-refractivity contribution in [1.82, 2.24) is 4.98 Å². The minimum absolute atomic E-state index is 0.275. The average Bonchev–Trinajstić information content (AvgIpc) is 2.78. The first-order valence-corrected chi connectivity index (χ1v) is 5.08. The molecule has 0 spiro atoms. The minimum Gasteiger partial charge on any atom is -0.453 e. The Labute approximate surface area is 91.5 Å². The van der Waals surface area contributed by atoms with Gasteiger partial charge in [0, 0.05) is 23.5 Å². The normalized spacial score (nSPS) is 15.2. The molecule has 0 aliphatic carbocycles. The first-order chi connectivity index (χ1) is 7.93. The van der Waals surface area contributed by atoms with Gasteiger partial charge in [-0.15, -0.1) is 0 Å². The maximum atomic E-state index is 5.45. The summed E-state index contributed by atoms with van der Waals surface area (Å²) in [6.45, 7) is 0.275. The van der Waals surface area contributed by atoms with E-state index < -0.39 is 0 Å². The Morgan fingerprint density at radius 2 is 2.31 bits per heavy atom. The predicted octanol–water partition coefficient (Wildman–Crippen LogP) is 2.36. The molecule has 78 valence electrons. The van der Waals surface area contributed by atoms with E-state index in [1.165, 1.54) is 0 Å². The summed E-state index contributed by atoms with van der Waals surface area (Å²) in [5, 5.41) is 4.29. The highest BCUT2D eigenvalue weighted by atomic mass is 16.7. The second-order valence-corrected chi connectivity index (χ2v) is 3.76. The molecule has 2 aliphatic heterocycles. The molecule has 0 unspecified atom stereocenters. The topological polar surface area (TPSA) is 43.4 Å². The molecule has 4 nitrogen and oxygen atoms in total. The average molecular weight is 212 g/mol. The van der Waals surface area contributed by atoms with E-state index in [1.807, 2.05) is 24.4 Å². The highest BCUT2D eigenvalue weighted by Gasteiger charge is 2.22. The van der Waals surface area contributed by atoms with E-state index in [4.69, 9.17) is 9.47 Å². The lowest BCUT2D eigenvalue weighted by atomic mass is 10.0. The van der Waals surface area contributed by atoms with Gasteiger partial charge in [-0.05, 0) is 23.8 Å². The molecule has 0 radical (unpaired) electrons. The molecule has 0 bridgehead atoms. The summed E-state index contributed by atoms with van der Waals surface area (Å²) < 4.78 is 10.9. The number of hydrogen-bond acceptors (Lipinski definition) is 4. The Morgan fingerprint density at radius 3 is 3.31 bits per heavy atom. The Balaban J connectivity index is 2.23. The van der Waals surface area contributed by atoms with Crippen LogP contribution in [0.15, 0.2) is 24.5 Å². The molecule has 1 N–H and O–H groups in total. The molecule has 4 heteroatoms. The van der Waals surface area contributed by atoms with E-state index >= 15 is 0 Å². The monoisotopic (exact) mass is 212 g/mol. The number of anilines is 1. The molecule has 3 heterocycles. The van der Waals surface area contributed by atoms with Gasteiger partial charge in [0.05, 0.1) is 0 Å². The van der Waals surface area contributed by atoms with Crippen LogP contribution < -0.4 is 14.8 Å². The Kier molecular flexibility index (Phi) is 1.33. The zero-order valence-corrected chi connectivity index (χ0v) is 8.36. The number of hydrogen-bond donors (Lipinski definition) is 1. The fraction of sp³-hybridized carbons (Fsp3) is 0.0833. The second kappa shape index (κ2) is 2.66. The van der Waals surface area contributed by atoms with Crippen molar-refractivity contribution < 1.29 is 9.47 Å². The van der Waals surface area contributed by atoms with Crippen LogP contribution in [0.25, 0.3) is 17.0 Å². The Bertz CT molecular complexity index is 634. The van der Waals surface area contributed by atoms with Gasteiger partial charge >= 0.3 is 0 Å². The number of fused-ring (bicyclic) bond motifs is 2. The van der Waals surface area contributed by atoms with Gasteiger partial charge in [-0.1, -0.05) is 0 Å².